The third-order valence-corrected chi connectivity index (χ3v) is 4.28. The van der Waals surface area contributed by atoms with Crippen molar-refractivity contribution in [3.05, 3.63) is 38.2 Å². The van der Waals surface area contributed by atoms with Crippen LogP contribution >= 0.6 is 0 Å². The molecule has 9 nitrogen and oxygen atoms in total. The summed E-state index contributed by atoms with van der Waals surface area (Å²) in [6.07, 6.45) is -3.43. The molecule has 0 bridgehead atoms. The molecular formula is C14H17N3O6. The summed E-state index contributed by atoms with van der Waals surface area (Å²) >= 11 is 0. The van der Waals surface area contributed by atoms with E-state index in [-0.39, 0.29) is 11.2 Å². The van der Waals surface area contributed by atoms with Crippen molar-refractivity contribution in [2.24, 2.45) is 0 Å². The van der Waals surface area contributed by atoms with Gasteiger partial charge in [0, 0.05) is 17.1 Å². The van der Waals surface area contributed by atoms with Gasteiger partial charge in [-0.25, -0.2) is 4.79 Å². The van der Waals surface area contributed by atoms with Crippen LogP contribution < -0.4 is 11.2 Å². The van der Waals surface area contributed by atoms with Gasteiger partial charge in [-0.3, -0.25) is 9.36 Å². The third-order valence-electron chi connectivity index (χ3n) is 4.28. The summed E-state index contributed by atoms with van der Waals surface area (Å²) in [5, 5.41) is 29.5. The lowest BCUT2D eigenvalue weighted by molar-refractivity contribution is -0.0547. The maximum Gasteiger partial charge on any atom is 0.351 e. The number of aliphatic hydroxyl groups is 3. The largest absolute Gasteiger partial charge is 0.394 e. The highest BCUT2D eigenvalue weighted by Crippen LogP contribution is 2.28. The van der Waals surface area contributed by atoms with Gasteiger partial charge in [0.2, 0.25) is 0 Å². The number of H-pyrrole nitrogens is 1. The highest BCUT2D eigenvalue weighted by molar-refractivity contribution is 5.78. The molecule has 2 aromatic rings. The Bertz CT molecular complexity index is 873. The van der Waals surface area contributed by atoms with Crippen molar-refractivity contribution in [3.8, 4) is 0 Å². The summed E-state index contributed by atoms with van der Waals surface area (Å²) in [5.74, 6) is 0. The maximum absolute atomic E-state index is 12.2. The Balaban J connectivity index is 2.18. The van der Waals surface area contributed by atoms with Crippen molar-refractivity contribution in [2.75, 3.05) is 6.61 Å². The molecule has 124 valence electrons. The van der Waals surface area contributed by atoms with Crippen molar-refractivity contribution in [2.45, 2.75) is 38.4 Å². The second kappa shape index (κ2) is 5.53. The molecule has 1 fully saturated rings. The summed E-state index contributed by atoms with van der Waals surface area (Å²) in [6.45, 7) is 2.88. The molecule has 1 aliphatic rings. The average molecular weight is 323 g/mol. The number of aromatic nitrogens is 3. The fraction of sp³-hybridized carbons (Fsp3) is 0.500. The number of aryl methyl sites for hydroxylation is 1. The Morgan fingerprint density at radius 2 is 1.96 bits per heavy atom. The summed E-state index contributed by atoms with van der Waals surface area (Å²) < 4.78 is 6.40. The van der Waals surface area contributed by atoms with E-state index in [0.29, 0.717) is 16.5 Å². The van der Waals surface area contributed by atoms with E-state index in [4.69, 9.17) is 9.84 Å². The van der Waals surface area contributed by atoms with E-state index in [1.807, 2.05) is 0 Å². The number of aliphatic hydroxyl groups excluding tert-OH is 3. The van der Waals surface area contributed by atoms with Crippen LogP contribution in [0.5, 0.6) is 0 Å². The summed E-state index contributed by atoms with van der Waals surface area (Å²) in [5.41, 5.74) is 0.215. The van der Waals surface area contributed by atoms with E-state index >= 15 is 0 Å². The summed E-state index contributed by atoms with van der Waals surface area (Å²) in [6, 6.07) is 0. The number of nitrogens with zero attached hydrogens (tertiary/aromatic N) is 2. The normalized spacial score (nSPS) is 27.7. The molecule has 2 unspecified atom stereocenters. The van der Waals surface area contributed by atoms with Crippen molar-refractivity contribution in [1.82, 2.24) is 14.5 Å². The van der Waals surface area contributed by atoms with E-state index in [0.717, 1.165) is 4.57 Å². The molecule has 3 heterocycles. The Morgan fingerprint density at radius 1 is 1.26 bits per heavy atom. The summed E-state index contributed by atoms with van der Waals surface area (Å²) in [7, 11) is 0. The Hall–Kier alpha value is -2.07. The Kier molecular flexibility index (Phi) is 3.80. The zero-order chi connectivity index (χ0) is 16.9. The molecule has 4 atom stereocenters. The van der Waals surface area contributed by atoms with Crippen molar-refractivity contribution >= 4 is 11.0 Å². The zero-order valence-corrected chi connectivity index (χ0v) is 12.6. The average Bonchev–Trinajstić information content (AvgIpc) is 2.80. The second-order valence-electron chi connectivity index (χ2n) is 5.63. The van der Waals surface area contributed by atoms with Crippen LogP contribution in [0.1, 0.15) is 17.4 Å². The Labute approximate surface area is 129 Å². The van der Waals surface area contributed by atoms with Crippen molar-refractivity contribution < 1.29 is 20.1 Å². The molecule has 3 rings (SSSR count). The van der Waals surface area contributed by atoms with Gasteiger partial charge in [0.15, 0.2) is 6.23 Å². The first-order valence-electron chi connectivity index (χ1n) is 7.10. The number of hydrogen-bond acceptors (Lipinski definition) is 7. The smallest absolute Gasteiger partial charge is 0.351 e. The monoisotopic (exact) mass is 323 g/mol. The zero-order valence-electron chi connectivity index (χ0n) is 12.6. The summed E-state index contributed by atoms with van der Waals surface area (Å²) in [4.78, 5) is 30.3. The minimum atomic E-state index is -1.38. The minimum absolute atomic E-state index is 0.145. The molecule has 0 radical (unpaired) electrons. The van der Waals surface area contributed by atoms with Gasteiger partial charge >= 0.3 is 5.69 Å². The van der Waals surface area contributed by atoms with Crippen LogP contribution in [0.4, 0.5) is 0 Å². The van der Waals surface area contributed by atoms with Gasteiger partial charge in [-0.1, -0.05) is 0 Å². The SMILES string of the molecule is Cc1c(C)c2cn([C@@H]3O[C@H](CO)C(O)C3O)c(=O)nc2[nH]c1=O. The second-order valence-corrected chi connectivity index (χ2v) is 5.63. The predicted octanol–water partition coefficient (Wildman–Crippen LogP) is -1.69. The molecule has 0 amide bonds. The number of ether oxygens (including phenoxy) is 1. The van der Waals surface area contributed by atoms with E-state index in [1.54, 1.807) is 13.8 Å². The van der Waals surface area contributed by atoms with E-state index in [9.17, 15) is 19.8 Å². The van der Waals surface area contributed by atoms with Crippen molar-refractivity contribution in [3.63, 3.8) is 0 Å². The van der Waals surface area contributed by atoms with Gasteiger partial charge in [0.25, 0.3) is 5.56 Å². The van der Waals surface area contributed by atoms with E-state index in [2.05, 4.69) is 9.97 Å². The van der Waals surface area contributed by atoms with Gasteiger partial charge in [-0.2, -0.15) is 4.98 Å². The van der Waals surface area contributed by atoms with Gasteiger partial charge in [-0.15, -0.1) is 0 Å². The molecule has 0 aliphatic carbocycles. The standard InChI is InChI=1S/C14H17N3O6/c1-5-6(2)12(21)15-11-7(5)3-17(14(22)16-11)13-10(20)9(19)8(4-18)23-13/h3,8-10,13,18-20H,4H2,1-2H3,(H,15,16,21,22)/t8-,9?,10?,13-/m1/s1. The lowest BCUT2D eigenvalue weighted by Gasteiger charge is -2.18. The number of hydrogen-bond donors (Lipinski definition) is 4. The van der Waals surface area contributed by atoms with Gasteiger partial charge in [0.05, 0.1) is 6.61 Å². The highest BCUT2D eigenvalue weighted by atomic mass is 16.6. The Morgan fingerprint density at radius 3 is 2.57 bits per heavy atom. The molecule has 23 heavy (non-hydrogen) atoms. The molecule has 1 saturated heterocycles. The van der Waals surface area contributed by atoms with Gasteiger partial charge in [-0.05, 0) is 19.4 Å². The quantitative estimate of drug-likeness (QED) is 0.517. The molecule has 2 aromatic heterocycles. The van der Waals surface area contributed by atoms with Crippen LogP contribution in [0.25, 0.3) is 11.0 Å². The predicted molar refractivity (Wildman–Crippen MR) is 79.1 cm³/mol. The first-order chi connectivity index (χ1) is 10.8. The fourth-order valence-electron chi connectivity index (χ4n) is 2.70. The van der Waals surface area contributed by atoms with E-state index < -0.39 is 36.8 Å². The van der Waals surface area contributed by atoms with Gasteiger partial charge in [0.1, 0.15) is 24.0 Å². The van der Waals surface area contributed by atoms with Crippen LogP contribution in [-0.4, -0.2) is 54.8 Å². The molecular weight excluding hydrogens is 306 g/mol. The van der Waals surface area contributed by atoms with Crippen LogP contribution in [0.15, 0.2) is 15.8 Å². The molecule has 4 N–H and O–H groups in total. The topological polar surface area (TPSA) is 138 Å². The fourth-order valence-corrected chi connectivity index (χ4v) is 2.70. The van der Waals surface area contributed by atoms with E-state index in [1.165, 1.54) is 6.20 Å². The first kappa shape index (κ1) is 15.8. The van der Waals surface area contributed by atoms with Crippen LogP contribution in [0.2, 0.25) is 0 Å². The van der Waals surface area contributed by atoms with Crippen LogP contribution in [-0.2, 0) is 4.74 Å². The molecule has 0 aromatic carbocycles. The van der Waals surface area contributed by atoms with Crippen LogP contribution in [0, 0.1) is 13.8 Å². The third kappa shape index (κ3) is 2.38. The first-order valence-corrected chi connectivity index (χ1v) is 7.10. The van der Waals surface area contributed by atoms with Crippen LogP contribution in [0.3, 0.4) is 0 Å². The number of aromatic amines is 1. The number of pyridine rings is 1. The highest BCUT2D eigenvalue weighted by Gasteiger charge is 2.43. The molecule has 0 spiro atoms. The molecule has 9 heteroatoms. The number of nitrogens with one attached hydrogen (secondary N) is 1. The lowest BCUT2D eigenvalue weighted by Crippen LogP contribution is -2.36. The lowest BCUT2D eigenvalue weighted by atomic mass is 10.1. The minimum Gasteiger partial charge on any atom is -0.394 e. The van der Waals surface area contributed by atoms with Crippen molar-refractivity contribution in [1.29, 1.82) is 0 Å². The maximum atomic E-state index is 12.2. The molecule has 0 saturated carbocycles. The number of fused-ring (bicyclic) bond motifs is 1. The number of rotatable bonds is 2. The molecule has 1 aliphatic heterocycles. The van der Waals surface area contributed by atoms with Gasteiger partial charge < -0.3 is 25.0 Å².